The summed E-state index contributed by atoms with van der Waals surface area (Å²) in [6, 6.07) is 6.07. The van der Waals surface area contributed by atoms with Crippen molar-refractivity contribution < 1.29 is 18.3 Å². The van der Waals surface area contributed by atoms with Crippen LogP contribution in [0.25, 0.3) is 0 Å². The SMILES string of the molecule is COc1cc(NC(=O)c2cc(F)c(F)cc2N)ccc1Cl. The summed E-state index contributed by atoms with van der Waals surface area (Å²) in [5.41, 5.74) is 5.57. The average molecular weight is 313 g/mol. The minimum absolute atomic E-state index is 0.160. The predicted octanol–water partition coefficient (Wildman–Crippen LogP) is 3.46. The number of amides is 1. The van der Waals surface area contributed by atoms with Gasteiger partial charge in [0.1, 0.15) is 5.75 Å². The van der Waals surface area contributed by atoms with Crippen molar-refractivity contribution in [1.82, 2.24) is 0 Å². The highest BCUT2D eigenvalue weighted by Gasteiger charge is 2.15. The molecule has 0 fully saturated rings. The Bertz CT molecular complexity index is 708. The molecule has 0 aromatic heterocycles. The lowest BCUT2D eigenvalue weighted by Gasteiger charge is -2.10. The largest absolute Gasteiger partial charge is 0.495 e. The van der Waals surface area contributed by atoms with E-state index in [9.17, 15) is 13.6 Å². The van der Waals surface area contributed by atoms with Crippen molar-refractivity contribution in [1.29, 1.82) is 0 Å². The third kappa shape index (κ3) is 3.22. The van der Waals surface area contributed by atoms with Gasteiger partial charge in [-0.05, 0) is 18.2 Å². The van der Waals surface area contributed by atoms with E-state index in [0.29, 0.717) is 16.5 Å². The van der Waals surface area contributed by atoms with Gasteiger partial charge in [0, 0.05) is 23.5 Å². The first kappa shape index (κ1) is 15.1. The van der Waals surface area contributed by atoms with Gasteiger partial charge in [0.05, 0.1) is 17.7 Å². The van der Waals surface area contributed by atoms with Crippen molar-refractivity contribution in [2.75, 3.05) is 18.2 Å². The van der Waals surface area contributed by atoms with Gasteiger partial charge in [-0.1, -0.05) is 11.6 Å². The summed E-state index contributed by atoms with van der Waals surface area (Å²) in [6.07, 6.45) is 0. The van der Waals surface area contributed by atoms with Gasteiger partial charge in [-0.25, -0.2) is 8.78 Å². The van der Waals surface area contributed by atoms with Crippen molar-refractivity contribution in [3.63, 3.8) is 0 Å². The average Bonchev–Trinajstić information content (AvgIpc) is 2.44. The molecule has 1 amide bonds. The summed E-state index contributed by atoms with van der Waals surface area (Å²) in [4.78, 5) is 12.0. The van der Waals surface area contributed by atoms with Crippen molar-refractivity contribution in [3.05, 3.63) is 52.6 Å². The van der Waals surface area contributed by atoms with Crippen LogP contribution in [0.15, 0.2) is 30.3 Å². The Morgan fingerprint density at radius 2 is 1.90 bits per heavy atom. The number of nitrogen functional groups attached to an aromatic ring is 1. The van der Waals surface area contributed by atoms with E-state index in [1.54, 1.807) is 6.07 Å². The molecule has 3 N–H and O–H groups in total. The molecule has 21 heavy (non-hydrogen) atoms. The minimum atomic E-state index is -1.15. The third-order valence-electron chi connectivity index (χ3n) is 2.75. The van der Waals surface area contributed by atoms with Crippen LogP contribution in [0.4, 0.5) is 20.2 Å². The number of benzene rings is 2. The van der Waals surface area contributed by atoms with Crippen molar-refractivity contribution >= 4 is 28.9 Å². The summed E-state index contributed by atoms with van der Waals surface area (Å²) in [6.45, 7) is 0. The molecule has 0 aliphatic heterocycles. The number of nitrogens with two attached hydrogens (primary N) is 1. The number of carbonyl (C=O) groups excluding carboxylic acids is 1. The molecule has 0 aliphatic carbocycles. The molecule has 0 radical (unpaired) electrons. The van der Waals surface area contributed by atoms with Gasteiger partial charge in [-0.15, -0.1) is 0 Å². The topological polar surface area (TPSA) is 64.3 Å². The van der Waals surface area contributed by atoms with E-state index in [2.05, 4.69) is 5.32 Å². The zero-order valence-electron chi connectivity index (χ0n) is 10.9. The number of ether oxygens (including phenoxy) is 1. The van der Waals surface area contributed by atoms with E-state index in [1.165, 1.54) is 19.2 Å². The second-order valence-corrected chi connectivity index (χ2v) is 4.56. The molecule has 2 rings (SSSR count). The minimum Gasteiger partial charge on any atom is -0.495 e. The highest BCUT2D eigenvalue weighted by molar-refractivity contribution is 6.32. The van der Waals surface area contributed by atoms with E-state index in [1.807, 2.05) is 0 Å². The standard InChI is InChI=1S/C14H11ClF2N2O2/c1-21-13-4-7(2-3-9(13)15)19-14(20)8-5-10(16)11(17)6-12(8)18/h2-6H,18H2,1H3,(H,19,20). The fourth-order valence-electron chi connectivity index (χ4n) is 1.69. The van der Waals surface area contributed by atoms with Gasteiger partial charge in [-0.2, -0.15) is 0 Å². The smallest absolute Gasteiger partial charge is 0.257 e. The Labute approximate surface area is 124 Å². The van der Waals surface area contributed by atoms with Crippen LogP contribution < -0.4 is 15.8 Å². The number of hydrogen-bond acceptors (Lipinski definition) is 3. The molecule has 0 bridgehead atoms. The molecule has 0 aliphatic rings. The van der Waals surface area contributed by atoms with Crippen LogP contribution in [0, 0.1) is 11.6 Å². The lowest BCUT2D eigenvalue weighted by Crippen LogP contribution is -2.15. The molecule has 0 heterocycles. The third-order valence-corrected chi connectivity index (χ3v) is 3.06. The van der Waals surface area contributed by atoms with Crippen LogP contribution >= 0.6 is 11.6 Å². The van der Waals surface area contributed by atoms with E-state index in [0.717, 1.165) is 12.1 Å². The maximum atomic E-state index is 13.2. The van der Waals surface area contributed by atoms with Crippen LogP contribution in [0.2, 0.25) is 5.02 Å². The zero-order valence-corrected chi connectivity index (χ0v) is 11.7. The molecular weight excluding hydrogens is 302 g/mol. The summed E-state index contributed by atoms with van der Waals surface area (Å²) < 4.78 is 31.2. The summed E-state index contributed by atoms with van der Waals surface area (Å²) >= 11 is 5.86. The van der Waals surface area contributed by atoms with Gasteiger partial charge in [0.15, 0.2) is 11.6 Å². The van der Waals surface area contributed by atoms with E-state index >= 15 is 0 Å². The quantitative estimate of drug-likeness (QED) is 0.853. The van der Waals surface area contributed by atoms with Crippen LogP contribution in [0.1, 0.15) is 10.4 Å². The predicted molar refractivity (Wildman–Crippen MR) is 76.7 cm³/mol. The maximum Gasteiger partial charge on any atom is 0.257 e. The normalized spacial score (nSPS) is 10.3. The van der Waals surface area contributed by atoms with Crippen molar-refractivity contribution in [2.24, 2.45) is 0 Å². The first-order chi connectivity index (χ1) is 9.92. The molecule has 4 nitrogen and oxygen atoms in total. The van der Waals surface area contributed by atoms with Gasteiger partial charge in [0.2, 0.25) is 0 Å². The summed E-state index contributed by atoms with van der Waals surface area (Å²) in [5.74, 6) is -2.57. The first-order valence-corrected chi connectivity index (χ1v) is 6.19. The number of rotatable bonds is 3. The van der Waals surface area contributed by atoms with Crippen molar-refractivity contribution in [2.45, 2.75) is 0 Å². The fourth-order valence-corrected chi connectivity index (χ4v) is 1.89. The molecule has 110 valence electrons. The number of anilines is 2. The molecular formula is C14H11ClF2N2O2. The van der Waals surface area contributed by atoms with E-state index < -0.39 is 17.5 Å². The monoisotopic (exact) mass is 312 g/mol. The molecule has 2 aromatic rings. The molecule has 0 atom stereocenters. The van der Waals surface area contributed by atoms with E-state index in [4.69, 9.17) is 22.1 Å². The second kappa shape index (κ2) is 5.97. The Hall–Kier alpha value is -2.34. The van der Waals surface area contributed by atoms with Gasteiger partial charge in [-0.3, -0.25) is 4.79 Å². The van der Waals surface area contributed by atoms with Gasteiger partial charge >= 0.3 is 0 Å². The number of methoxy groups -OCH3 is 1. The lowest BCUT2D eigenvalue weighted by atomic mass is 10.1. The number of halogens is 3. The van der Waals surface area contributed by atoms with Crippen LogP contribution in [0.3, 0.4) is 0 Å². The Morgan fingerprint density at radius 1 is 1.24 bits per heavy atom. The number of carbonyl (C=O) groups is 1. The summed E-state index contributed by atoms with van der Waals surface area (Å²) in [7, 11) is 1.43. The molecule has 0 saturated heterocycles. The number of nitrogens with one attached hydrogen (secondary N) is 1. The maximum absolute atomic E-state index is 13.2. The Kier molecular flexibility index (Phi) is 4.28. The highest BCUT2D eigenvalue weighted by atomic mass is 35.5. The van der Waals surface area contributed by atoms with Gasteiger partial charge < -0.3 is 15.8 Å². The Morgan fingerprint density at radius 3 is 2.57 bits per heavy atom. The van der Waals surface area contributed by atoms with Crippen LogP contribution in [-0.2, 0) is 0 Å². The molecule has 0 spiro atoms. The lowest BCUT2D eigenvalue weighted by molar-refractivity contribution is 0.102. The molecule has 7 heteroatoms. The highest BCUT2D eigenvalue weighted by Crippen LogP contribution is 2.28. The van der Waals surface area contributed by atoms with Crippen molar-refractivity contribution in [3.8, 4) is 5.75 Å². The summed E-state index contributed by atoms with van der Waals surface area (Å²) in [5, 5.41) is 2.88. The van der Waals surface area contributed by atoms with Crippen LogP contribution in [-0.4, -0.2) is 13.0 Å². The molecule has 0 unspecified atom stereocenters. The zero-order chi connectivity index (χ0) is 15.6. The number of hydrogen-bond donors (Lipinski definition) is 2. The van der Waals surface area contributed by atoms with Gasteiger partial charge in [0.25, 0.3) is 5.91 Å². The molecule has 0 saturated carbocycles. The Balaban J connectivity index is 2.28. The first-order valence-electron chi connectivity index (χ1n) is 5.81. The fraction of sp³-hybridized carbons (Fsp3) is 0.0714. The molecule has 2 aromatic carbocycles. The van der Waals surface area contributed by atoms with E-state index in [-0.39, 0.29) is 11.3 Å². The van der Waals surface area contributed by atoms with Crippen LogP contribution in [0.5, 0.6) is 5.75 Å². The second-order valence-electron chi connectivity index (χ2n) is 4.16.